The number of rotatable bonds is 4. The van der Waals surface area contributed by atoms with Crippen LogP contribution in [0.5, 0.6) is 0 Å². The first kappa shape index (κ1) is 14.9. The highest BCUT2D eigenvalue weighted by Gasteiger charge is 2.25. The van der Waals surface area contributed by atoms with Crippen LogP contribution in [0.25, 0.3) is 0 Å². The van der Waals surface area contributed by atoms with Gasteiger partial charge < -0.3 is 5.73 Å². The Morgan fingerprint density at radius 2 is 1.82 bits per heavy atom. The lowest BCUT2D eigenvalue weighted by Gasteiger charge is -2.29. The Kier molecular flexibility index (Phi) is 4.98. The SMILES string of the molecule is CC(C)(C)CS(=O)(=O)NCC1CCCCC1N. The molecule has 4 nitrogen and oxygen atoms in total. The van der Waals surface area contributed by atoms with Gasteiger partial charge in [0.15, 0.2) is 0 Å². The zero-order chi connectivity index (χ0) is 13.1. The largest absolute Gasteiger partial charge is 0.327 e. The predicted molar refractivity (Wildman–Crippen MR) is 71.2 cm³/mol. The Morgan fingerprint density at radius 3 is 2.35 bits per heavy atom. The predicted octanol–water partition coefficient (Wildman–Crippen LogP) is 1.47. The lowest BCUT2D eigenvalue weighted by Crippen LogP contribution is -2.42. The lowest BCUT2D eigenvalue weighted by atomic mass is 9.85. The van der Waals surface area contributed by atoms with E-state index in [-0.39, 0.29) is 17.2 Å². The molecule has 0 aromatic rings. The van der Waals surface area contributed by atoms with Gasteiger partial charge in [0, 0.05) is 12.6 Å². The second-order valence-electron chi connectivity index (χ2n) is 6.38. The summed E-state index contributed by atoms with van der Waals surface area (Å²) >= 11 is 0. The van der Waals surface area contributed by atoms with Crippen molar-refractivity contribution < 1.29 is 8.42 Å². The highest BCUT2D eigenvalue weighted by atomic mass is 32.2. The maximum atomic E-state index is 11.8. The Morgan fingerprint density at radius 1 is 1.24 bits per heavy atom. The van der Waals surface area contributed by atoms with Crippen LogP contribution in [-0.4, -0.2) is 26.8 Å². The molecule has 0 heterocycles. The molecule has 5 heteroatoms. The molecule has 0 aromatic heterocycles. The Bertz CT molecular complexity index is 333. The van der Waals surface area contributed by atoms with Gasteiger partial charge in [-0.2, -0.15) is 0 Å². The number of nitrogens with one attached hydrogen (secondary N) is 1. The van der Waals surface area contributed by atoms with E-state index >= 15 is 0 Å². The van der Waals surface area contributed by atoms with Crippen LogP contribution in [0.15, 0.2) is 0 Å². The molecule has 1 aliphatic carbocycles. The van der Waals surface area contributed by atoms with Gasteiger partial charge in [-0.25, -0.2) is 13.1 Å². The van der Waals surface area contributed by atoms with Gasteiger partial charge >= 0.3 is 0 Å². The standard InChI is InChI=1S/C12H26N2O2S/c1-12(2,3)9-17(15,16)14-8-10-6-4-5-7-11(10)13/h10-11,14H,4-9,13H2,1-3H3. The Hall–Kier alpha value is -0.130. The van der Waals surface area contributed by atoms with Gasteiger partial charge in [0.2, 0.25) is 10.0 Å². The van der Waals surface area contributed by atoms with Crippen molar-refractivity contribution in [1.29, 1.82) is 0 Å². The van der Waals surface area contributed by atoms with Crippen molar-refractivity contribution in [1.82, 2.24) is 4.72 Å². The third-order valence-electron chi connectivity index (χ3n) is 3.16. The first-order valence-electron chi connectivity index (χ1n) is 6.42. The Balaban J connectivity index is 2.44. The number of hydrogen-bond acceptors (Lipinski definition) is 3. The molecule has 17 heavy (non-hydrogen) atoms. The van der Waals surface area contributed by atoms with Crippen LogP contribution in [0.2, 0.25) is 0 Å². The second kappa shape index (κ2) is 5.67. The van der Waals surface area contributed by atoms with Crippen LogP contribution in [-0.2, 0) is 10.0 Å². The van der Waals surface area contributed by atoms with E-state index in [9.17, 15) is 8.42 Å². The molecular formula is C12H26N2O2S. The topological polar surface area (TPSA) is 72.2 Å². The molecule has 2 atom stereocenters. The molecule has 0 saturated heterocycles. The smallest absolute Gasteiger partial charge is 0.212 e. The third-order valence-corrected chi connectivity index (χ3v) is 5.01. The fourth-order valence-corrected chi connectivity index (χ4v) is 4.06. The van der Waals surface area contributed by atoms with E-state index in [0.717, 1.165) is 12.8 Å². The average molecular weight is 262 g/mol. The van der Waals surface area contributed by atoms with Crippen LogP contribution >= 0.6 is 0 Å². The van der Waals surface area contributed by atoms with Crippen molar-refractivity contribution in [2.45, 2.75) is 52.5 Å². The third kappa shape index (κ3) is 5.84. The molecule has 0 spiro atoms. The zero-order valence-corrected chi connectivity index (χ0v) is 12.0. The van der Waals surface area contributed by atoms with Crippen molar-refractivity contribution in [3.05, 3.63) is 0 Å². The van der Waals surface area contributed by atoms with Crippen molar-refractivity contribution in [2.24, 2.45) is 17.1 Å². The maximum absolute atomic E-state index is 11.8. The quantitative estimate of drug-likeness (QED) is 0.806. The molecule has 0 amide bonds. The summed E-state index contributed by atoms with van der Waals surface area (Å²) in [6.45, 7) is 6.29. The molecule has 102 valence electrons. The molecular weight excluding hydrogens is 236 g/mol. The van der Waals surface area contributed by atoms with Crippen molar-refractivity contribution >= 4 is 10.0 Å². The summed E-state index contributed by atoms with van der Waals surface area (Å²) in [4.78, 5) is 0. The fourth-order valence-electron chi connectivity index (χ4n) is 2.34. The van der Waals surface area contributed by atoms with E-state index < -0.39 is 10.0 Å². The maximum Gasteiger partial charge on any atom is 0.212 e. The monoisotopic (exact) mass is 262 g/mol. The van der Waals surface area contributed by atoms with E-state index in [1.165, 1.54) is 12.8 Å². The van der Waals surface area contributed by atoms with Crippen molar-refractivity contribution in [3.63, 3.8) is 0 Å². The Labute approximate surface area is 105 Å². The summed E-state index contributed by atoms with van der Waals surface area (Å²) in [6.07, 6.45) is 4.40. The molecule has 0 aliphatic heterocycles. The number of sulfonamides is 1. The van der Waals surface area contributed by atoms with E-state index in [1.54, 1.807) is 0 Å². The molecule has 3 N–H and O–H groups in total. The minimum Gasteiger partial charge on any atom is -0.327 e. The first-order valence-corrected chi connectivity index (χ1v) is 8.08. The van der Waals surface area contributed by atoms with Crippen LogP contribution in [0, 0.1) is 11.3 Å². The fraction of sp³-hybridized carbons (Fsp3) is 1.00. The van der Waals surface area contributed by atoms with Crippen LogP contribution in [0.3, 0.4) is 0 Å². The van der Waals surface area contributed by atoms with E-state index in [0.29, 0.717) is 12.5 Å². The number of nitrogens with two attached hydrogens (primary N) is 1. The average Bonchev–Trinajstić information content (AvgIpc) is 2.13. The van der Waals surface area contributed by atoms with Crippen molar-refractivity contribution in [3.8, 4) is 0 Å². The first-order chi connectivity index (χ1) is 7.70. The normalized spacial score (nSPS) is 27.1. The van der Waals surface area contributed by atoms with Gasteiger partial charge in [0.25, 0.3) is 0 Å². The van der Waals surface area contributed by atoms with Gasteiger partial charge in [-0.1, -0.05) is 33.6 Å². The summed E-state index contributed by atoms with van der Waals surface area (Å²) in [5.74, 6) is 0.473. The minimum absolute atomic E-state index is 0.154. The molecule has 0 bridgehead atoms. The summed E-state index contributed by atoms with van der Waals surface area (Å²) in [5, 5.41) is 0. The molecule has 0 radical (unpaired) electrons. The van der Waals surface area contributed by atoms with E-state index in [1.807, 2.05) is 20.8 Å². The minimum atomic E-state index is -3.17. The molecule has 2 unspecified atom stereocenters. The number of hydrogen-bond donors (Lipinski definition) is 2. The van der Waals surface area contributed by atoms with Gasteiger partial charge in [0.1, 0.15) is 0 Å². The summed E-state index contributed by atoms with van der Waals surface area (Å²) in [5.41, 5.74) is 5.79. The van der Waals surface area contributed by atoms with Gasteiger partial charge in [0.05, 0.1) is 5.75 Å². The zero-order valence-electron chi connectivity index (χ0n) is 11.2. The highest BCUT2D eigenvalue weighted by molar-refractivity contribution is 7.89. The molecule has 1 rings (SSSR count). The second-order valence-corrected chi connectivity index (χ2v) is 8.18. The van der Waals surface area contributed by atoms with Gasteiger partial charge in [-0.05, 0) is 24.2 Å². The van der Waals surface area contributed by atoms with Gasteiger partial charge in [-0.3, -0.25) is 0 Å². The van der Waals surface area contributed by atoms with Gasteiger partial charge in [-0.15, -0.1) is 0 Å². The molecule has 0 aromatic carbocycles. The summed E-state index contributed by atoms with van der Waals surface area (Å²) in [6, 6.07) is 0.154. The molecule has 1 fully saturated rings. The summed E-state index contributed by atoms with van der Waals surface area (Å²) in [7, 11) is -3.17. The van der Waals surface area contributed by atoms with E-state index in [4.69, 9.17) is 5.73 Å². The molecule has 1 saturated carbocycles. The van der Waals surface area contributed by atoms with Crippen LogP contribution in [0.1, 0.15) is 46.5 Å². The highest BCUT2D eigenvalue weighted by Crippen LogP contribution is 2.22. The van der Waals surface area contributed by atoms with Crippen LogP contribution in [0.4, 0.5) is 0 Å². The van der Waals surface area contributed by atoms with E-state index in [2.05, 4.69) is 4.72 Å². The lowest BCUT2D eigenvalue weighted by molar-refractivity contribution is 0.307. The molecule has 1 aliphatic rings. The van der Waals surface area contributed by atoms with Crippen LogP contribution < -0.4 is 10.5 Å². The van der Waals surface area contributed by atoms with Crippen molar-refractivity contribution in [2.75, 3.05) is 12.3 Å². The summed E-state index contributed by atoms with van der Waals surface area (Å²) < 4.78 is 26.4.